The Morgan fingerprint density at radius 1 is 1.00 bits per heavy atom. The van der Waals surface area contributed by atoms with Crippen LogP contribution >= 0.6 is 0 Å². The lowest BCUT2D eigenvalue weighted by Crippen LogP contribution is -1.92. The molecular weight excluding hydrogens is 200 g/mol. The standard InChI is InChI=1S/C10H8O2.2C2H6/c11-10-7-6-9(12-10)8-4-2-1-3-5-8;2*1-2/h1-6H,7H2;2*1-2H3. The van der Waals surface area contributed by atoms with Gasteiger partial charge < -0.3 is 4.74 Å². The molecule has 1 aromatic rings. The number of esters is 1. The van der Waals surface area contributed by atoms with Crippen molar-refractivity contribution < 1.29 is 9.53 Å². The summed E-state index contributed by atoms with van der Waals surface area (Å²) in [6, 6.07) is 9.61. The normalized spacial score (nSPS) is 12.5. The van der Waals surface area contributed by atoms with Crippen molar-refractivity contribution in [2.24, 2.45) is 0 Å². The van der Waals surface area contributed by atoms with E-state index in [-0.39, 0.29) is 5.97 Å². The molecule has 1 heterocycles. The molecule has 0 aromatic heterocycles. The van der Waals surface area contributed by atoms with E-state index in [9.17, 15) is 4.79 Å². The van der Waals surface area contributed by atoms with Crippen LogP contribution < -0.4 is 0 Å². The van der Waals surface area contributed by atoms with Crippen LogP contribution in [0.1, 0.15) is 39.7 Å². The number of carbonyl (C=O) groups is 1. The van der Waals surface area contributed by atoms with E-state index in [1.54, 1.807) is 6.08 Å². The second-order valence-electron chi connectivity index (χ2n) is 2.61. The van der Waals surface area contributed by atoms with Crippen LogP contribution in [-0.4, -0.2) is 5.97 Å². The van der Waals surface area contributed by atoms with Gasteiger partial charge in [0, 0.05) is 5.56 Å². The quantitative estimate of drug-likeness (QED) is 0.668. The fourth-order valence-corrected chi connectivity index (χ4v) is 1.16. The number of carbonyl (C=O) groups excluding carboxylic acids is 1. The molecule has 0 saturated carbocycles. The molecule has 0 fully saturated rings. The molecule has 0 unspecified atom stereocenters. The van der Waals surface area contributed by atoms with Crippen LogP contribution in [0.25, 0.3) is 5.76 Å². The van der Waals surface area contributed by atoms with Crippen LogP contribution in [0.2, 0.25) is 0 Å². The van der Waals surface area contributed by atoms with Crippen LogP contribution in [0.15, 0.2) is 36.4 Å². The molecule has 1 aliphatic rings. The first-order valence-electron chi connectivity index (χ1n) is 5.82. The SMILES string of the molecule is CC.CC.O=C1CC=C(c2ccccc2)O1. The Morgan fingerprint density at radius 2 is 1.56 bits per heavy atom. The molecule has 0 N–H and O–H groups in total. The average Bonchev–Trinajstić information content (AvgIpc) is 2.82. The lowest BCUT2D eigenvalue weighted by Gasteiger charge is -2.00. The number of cyclic esters (lactones) is 1. The maximum atomic E-state index is 10.8. The highest BCUT2D eigenvalue weighted by molar-refractivity contribution is 5.85. The van der Waals surface area contributed by atoms with Crippen molar-refractivity contribution in [1.82, 2.24) is 0 Å². The van der Waals surface area contributed by atoms with E-state index in [1.807, 2.05) is 58.0 Å². The largest absolute Gasteiger partial charge is 0.426 e. The second kappa shape index (κ2) is 8.72. The van der Waals surface area contributed by atoms with Gasteiger partial charge in [0.25, 0.3) is 0 Å². The molecule has 2 rings (SSSR count). The molecule has 0 bridgehead atoms. The minimum absolute atomic E-state index is 0.172. The van der Waals surface area contributed by atoms with Crippen LogP contribution in [-0.2, 0) is 9.53 Å². The smallest absolute Gasteiger partial charge is 0.315 e. The van der Waals surface area contributed by atoms with Crippen molar-refractivity contribution >= 4 is 11.7 Å². The molecule has 2 nitrogen and oxygen atoms in total. The van der Waals surface area contributed by atoms with E-state index in [1.165, 1.54) is 0 Å². The first kappa shape index (κ1) is 14.4. The predicted octanol–water partition coefficient (Wildman–Crippen LogP) is 4.03. The van der Waals surface area contributed by atoms with Crippen molar-refractivity contribution in [1.29, 1.82) is 0 Å². The molecule has 0 atom stereocenters. The summed E-state index contributed by atoms with van der Waals surface area (Å²) >= 11 is 0. The molecule has 0 aliphatic carbocycles. The lowest BCUT2D eigenvalue weighted by atomic mass is 10.2. The summed E-state index contributed by atoms with van der Waals surface area (Å²) in [5, 5.41) is 0. The van der Waals surface area contributed by atoms with Crippen LogP contribution in [0.3, 0.4) is 0 Å². The van der Waals surface area contributed by atoms with Gasteiger partial charge in [-0.15, -0.1) is 0 Å². The van der Waals surface area contributed by atoms with Gasteiger partial charge in [-0.05, 0) is 6.08 Å². The third-order valence-corrected chi connectivity index (χ3v) is 1.74. The van der Waals surface area contributed by atoms with Gasteiger partial charge in [0.2, 0.25) is 0 Å². The fourth-order valence-electron chi connectivity index (χ4n) is 1.16. The van der Waals surface area contributed by atoms with Crippen molar-refractivity contribution in [3.8, 4) is 0 Å². The molecular formula is C14H20O2. The maximum absolute atomic E-state index is 10.8. The third-order valence-electron chi connectivity index (χ3n) is 1.74. The van der Waals surface area contributed by atoms with Crippen molar-refractivity contribution in [3.63, 3.8) is 0 Å². The van der Waals surface area contributed by atoms with Crippen molar-refractivity contribution in [3.05, 3.63) is 42.0 Å². The molecule has 16 heavy (non-hydrogen) atoms. The summed E-state index contributed by atoms with van der Waals surface area (Å²) in [6.45, 7) is 8.00. The van der Waals surface area contributed by atoms with Gasteiger partial charge in [-0.2, -0.15) is 0 Å². The average molecular weight is 220 g/mol. The minimum atomic E-state index is -0.172. The van der Waals surface area contributed by atoms with E-state index in [0.717, 1.165) is 5.56 Å². The van der Waals surface area contributed by atoms with Gasteiger partial charge in [0.1, 0.15) is 5.76 Å². The van der Waals surface area contributed by atoms with Gasteiger partial charge in [0.05, 0.1) is 6.42 Å². The Bertz CT molecular complexity index is 326. The molecule has 88 valence electrons. The summed E-state index contributed by atoms with van der Waals surface area (Å²) in [5.74, 6) is 0.509. The van der Waals surface area contributed by atoms with Crippen molar-refractivity contribution in [2.45, 2.75) is 34.1 Å². The number of rotatable bonds is 1. The molecule has 0 saturated heterocycles. The van der Waals surface area contributed by atoms with E-state index >= 15 is 0 Å². The van der Waals surface area contributed by atoms with Crippen LogP contribution in [0.4, 0.5) is 0 Å². The number of hydrogen-bond donors (Lipinski definition) is 0. The topological polar surface area (TPSA) is 26.3 Å². The fraction of sp³-hybridized carbons (Fsp3) is 0.357. The first-order valence-corrected chi connectivity index (χ1v) is 5.82. The molecule has 0 radical (unpaired) electrons. The highest BCUT2D eigenvalue weighted by Gasteiger charge is 2.14. The first-order chi connectivity index (χ1) is 7.86. The van der Waals surface area contributed by atoms with Crippen LogP contribution in [0, 0.1) is 0 Å². The summed E-state index contributed by atoms with van der Waals surface area (Å²) < 4.78 is 4.97. The van der Waals surface area contributed by atoms with E-state index < -0.39 is 0 Å². The van der Waals surface area contributed by atoms with Gasteiger partial charge in [-0.25, -0.2) is 0 Å². The Hall–Kier alpha value is -1.57. The summed E-state index contributed by atoms with van der Waals surface area (Å²) in [5.41, 5.74) is 0.961. The van der Waals surface area contributed by atoms with Gasteiger partial charge in [0.15, 0.2) is 0 Å². The van der Waals surface area contributed by atoms with Crippen LogP contribution in [0.5, 0.6) is 0 Å². The zero-order chi connectivity index (χ0) is 12.4. The maximum Gasteiger partial charge on any atom is 0.315 e. The van der Waals surface area contributed by atoms with Gasteiger partial charge in [-0.3, -0.25) is 4.79 Å². The molecule has 0 spiro atoms. The number of benzene rings is 1. The minimum Gasteiger partial charge on any atom is -0.426 e. The molecule has 1 aromatic carbocycles. The van der Waals surface area contributed by atoms with E-state index in [4.69, 9.17) is 4.74 Å². The van der Waals surface area contributed by atoms with Crippen molar-refractivity contribution in [2.75, 3.05) is 0 Å². The Balaban J connectivity index is 0.000000509. The molecule has 2 heteroatoms. The molecule has 0 amide bonds. The third kappa shape index (κ3) is 4.30. The summed E-state index contributed by atoms with van der Waals surface area (Å²) in [4.78, 5) is 10.8. The number of ether oxygens (including phenoxy) is 1. The Morgan fingerprint density at radius 3 is 2.00 bits per heavy atom. The zero-order valence-electron chi connectivity index (χ0n) is 10.5. The monoisotopic (exact) mass is 220 g/mol. The molecule has 1 aliphatic heterocycles. The van der Waals surface area contributed by atoms with E-state index in [0.29, 0.717) is 12.2 Å². The Kier molecular flexibility index (Phi) is 7.86. The zero-order valence-corrected chi connectivity index (χ0v) is 10.5. The predicted molar refractivity (Wildman–Crippen MR) is 67.8 cm³/mol. The van der Waals surface area contributed by atoms with E-state index in [2.05, 4.69) is 0 Å². The number of hydrogen-bond acceptors (Lipinski definition) is 2. The van der Waals surface area contributed by atoms with Gasteiger partial charge >= 0.3 is 5.97 Å². The second-order valence-corrected chi connectivity index (χ2v) is 2.61. The highest BCUT2D eigenvalue weighted by Crippen LogP contribution is 2.21. The summed E-state index contributed by atoms with van der Waals surface area (Å²) in [6.07, 6.45) is 2.20. The lowest BCUT2D eigenvalue weighted by molar-refractivity contribution is -0.134. The summed E-state index contributed by atoms with van der Waals surface area (Å²) in [7, 11) is 0. The highest BCUT2D eigenvalue weighted by atomic mass is 16.5. The van der Waals surface area contributed by atoms with Gasteiger partial charge in [-0.1, -0.05) is 58.0 Å². The Labute approximate surface area is 97.9 Å².